The van der Waals surface area contributed by atoms with E-state index in [-0.39, 0.29) is 34.7 Å². The Balaban J connectivity index is 1.33. The van der Waals surface area contributed by atoms with Gasteiger partial charge in [-0.3, -0.25) is 4.79 Å². The highest BCUT2D eigenvalue weighted by atomic mass is 35.5. The number of carbonyl (C=O) groups is 1. The summed E-state index contributed by atoms with van der Waals surface area (Å²) in [5, 5.41) is 9.54. The van der Waals surface area contributed by atoms with Crippen molar-refractivity contribution in [3.8, 4) is 0 Å². The van der Waals surface area contributed by atoms with Crippen molar-refractivity contribution in [3.05, 3.63) is 94.5 Å². The molecule has 44 heavy (non-hydrogen) atoms. The molecule has 0 saturated carbocycles. The van der Waals surface area contributed by atoms with Gasteiger partial charge in [0.15, 0.2) is 0 Å². The summed E-state index contributed by atoms with van der Waals surface area (Å²) < 4.78 is 63.3. The lowest BCUT2D eigenvalue weighted by molar-refractivity contribution is -0.118. The molecule has 0 unspecified atom stereocenters. The number of sulfonamides is 1. The van der Waals surface area contributed by atoms with Gasteiger partial charge in [0.2, 0.25) is 15.9 Å². The minimum Gasteiger partial charge on any atom is -0.381 e. The topological polar surface area (TPSA) is 99.8 Å². The van der Waals surface area contributed by atoms with Crippen molar-refractivity contribution in [3.63, 3.8) is 0 Å². The van der Waals surface area contributed by atoms with Crippen molar-refractivity contribution in [2.24, 2.45) is 0 Å². The molecule has 2 heterocycles. The SMILES string of the molecule is O=C(Nc1cccc(F)c1CC[C@H]1CNCCN1S(=O)(=O)c1ccccc1)[C@H](Cc1ccc(Cl)c(F)c1)NC1CCOCC1. The summed E-state index contributed by atoms with van der Waals surface area (Å²) >= 11 is 5.87. The maximum atomic E-state index is 15.3. The largest absolute Gasteiger partial charge is 0.381 e. The molecule has 0 aromatic heterocycles. The number of hydrogen-bond donors (Lipinski definition) is 3. The highest BCUT2D eigenvalue weighted by Crippen LogP contribution is 2.26. The summed E-state index contributed by atoms with van der Waals surface area (Å²) in [6.45, 7) is 2.39. The molecule has 3 aromatic carbocycles. The molecule has 3 aromatic rings. The maximum absolute atomic E-state index is 15.3. The van der Waals surface area contributed by atoms with Crippen molar-refractivity contribution in [2.45, 2.75) is 55.1 Å². The Hall–Kier alpha value is -2.93. The van der Waals surface area contributed by atoms with Crippen LogP contribution >= 0.6 is 11.6 Å². The Morgan fingerprint density at radius 2 is 1.82 bits per heavy atom. The van der Waals surface area contributed by atoms with Gasteiger partial charge in [0, 0.05) is 56.2 Å². The lowest BCUT2D eigenvalue weighted by Gasteiger charge is -2.35. The number of anilines is 1. The Morgan fingerprint density at radius 1 is 1.05 bits per heavy atom. The van der Waals surface area contributed by atoms with Crippen LogP contribution in [0.15, 0.2) is 71.6 Å². The lowest BCUT2D eigenvalue weighted by Crippen LogP contribution is -2.53. The minimum absolute atomic E-state index is 0.000146. The van der Waals surface area contributed by atoms with Crippen LogP contribution in [0, 0.1) is 11.6 Å². The fourth-order valence-corrected chi connectivity index (χ4v) is 7.57. The molecule has 2 saturated heterocycles. The predicted octanol–water partition coefficient (Wildman–Crippen LogP) is 4.53. The van der Waals surface area contributed by atoms with Gasteiger partial charge in [-0.25, -0.2) is 17.2 Å². The Morgan fingerprint density at radius 3 is 2.57 bits per heavy atom. The third-order valence-corrected chi connectivity index (χ3v) is 10.4. The van der Waals surface area contributed by atoms with Crippen LogP contribution in [-0.2, 0) is 32.4 Å². The normalized spacial score (nSPS) is 19.0. The van der Waals surface area contributed by atoms with Crippen molar-refractivity contribution >= 4 is 33.2 Å². The second-order valence-electron chi connectivity index (χ2n) is 11.1. The smallest absolute Gasteiger partial charge is 0.243 e. The minimum atomic E-state index is -3.74. The Bertz CT molecular complexity index is 1540. The molecule has 3 N–H and O–H groups in total. The van der Waals surface area contributed by atoms with Crippen LogP contribution in [0.1, 0.15) is 30.4 Å². The third kappa shape index (κ3) is 8.01. The first-order valence-corrected chi connectivity index (χ1v) is 16.7. The Labute approximate surface area is 262 Å². The average molecular weight is 647 g/mol. The van der Waals surface area contributed by atoms with Crippen molar-refractivity contribution < 1.29 is 26.7 Å². The quantitative estimate of drug-likeness (QED) is 0.283. The van der Waals surface area contributed by atoms with E-state index in [2.05, 4.69) is 16.0 Å². The number of hydrogen-bond acceptors (Lipinski definition) is 6. The number of amides is 1. The van der Waals surface area contributed by atoms with E-state index in [1.807, 2.05) is 0 Å². The number of piperazine rings is 1. The van der Waals surface area contributed by atoms with Crippen molar-refractivity contribution in [2.75, 3.05) is 38.2 Å². The van der Waals surface area contributed by atoms with E-state index in [4.69, 9.17) is 16.3 Å². The molecule has 2 aliphatic heterocycles. The predicted molar refractivity (Wildman–Crippen MR) is 166 cm³/mol. The molecule has 0 aliphatic carbocycles. The van der Waals surface area contributed by atoms with Crippen LogP contribution in [0.2, 0.25) is 5.02 Å². The molecule has 2 atom stereocenters. The van der Waals surface area contributed by atoms with Gasteiger partial charge >= 0.3 is 0 Å². The highest BCUT2D eigenvalue weighted by molar-refractivity contribution is 7.89. The summed E-state index contributed by atoms with van der Waals surface area (Å²) in [4.78, 5) is 13.9. The average Bonchev–Trinajstić information content (AvgIpc) is 3.03. The Kier molecular flexibility index (Phi) is 11.0. The molecule has 12 heteroatoms. The summed E-state index contributed by atoms with van der Waals surface area (Å²) in [6.07, 6.45) is 2.19. The zero-order chi connectivity index (χ0) is 31.1. The van der Waals surface area contributed by atoms with E-state index >= 15 is 4.39 Å². The molecule has 0 bridgehead atoms. The second kappa shape index (κ2) is 14.9. The van der Waals surface area contributed by atoms with Gasteiger partial charge in [0.25, 0.3) is 0 Å². The molecule has 236 valence electrons. The number of nitrogens with zero attached hydrogens (tertiary/aromatic N) is 1. The van der Waals surface area contributed by atoms with Crippen LogP contribution < -0.4 is 16.0 Å². The number of carbonyl (C=O) groups excluding carboxylic acids is 1. The highest BCUT2D eigenvalue weighted by Gasteiger charge is 2.33. The zero-order valence-corrected chi connectivity index (χ0v) is 25.8. The second-order valence-corrected chi connectivity index (χ2v) is 13.4. The van der Waals surface area contributed by atoms with Crippen molar-refractivity contribution in [1.82, 2.24) is 14.9 Å². The van der Waals surface area contributed by atoms with Crippen LogP contribution in [0.3, 0.4) is 0 Å². The summed E-state index contributed by atoms with van der Waals surface area (Å²) in [7, 11) is -3.74. The first-order valence-electron chi connectivity index (χ1n) is 14.9. The summed E-state index contributed by atoms with van der Waals surface area (Å²) in [5.41, 5.74) is 1.21. The third-order valence-electron chi connectivity index (χ3n) is 8.15. The summed E-state index contributed by atoms with van der Waals surface area (Å²) in [6, 6.07) is 16.1. The molecule has 0 spiro atoms. The van der Waals surface area contributed by atoms with Gasteiger partial charge in [0.05, 0.1) is 16.0 Å². The van der Waals surface area contributed by atoms with Crippen LogP contribution in [-0.4, -0.2) is 69.6 Å². The van der Waals surface area contributed by atoms with E-state index in [0.29, 0.717) is 56.1 Å². The number of ether oxygens (including phenoxy) is 1. The van der Waals surface area contributed by atoms with Gasteiger partial charge in [-0.1, -0.05) is 41.9 Å². The number of rotatable bonds is 11. The van der Waals surface area contributed by atoms with Gasteiger partial charge in [-0.05, 0) is 74.1 Å². The van der Waals surface area contributed by atoms with Gasteiger partial charge in [-0.2, -0.15) is 4.31 Å². The molecule has 2 aliphatic rings. The first kappa shape index (κ1) is 32.5. The molecule has 8 nitrogen and oxygen atoms in total. The van der Waals surface area contributed by atoms with Crippen LogP contribution in [0.4, 0.5) is 14.5 Å². The summed E-state index contributed by atoms with van der Waals surface area (Å²) in [5.74, 6) is -1.44. The molecular weight excluding hydrogens is 610 g/mol. The van der Waals surface area contributed by atoms with E-state index in [1.54, 1.807) is 42.5 Å². The molecule has 0 radical (unpaired) electrons. The fraction of sp³-hybridized carbons (Fsp3) is 0.406. The van der Waals surface area contributed by atoms with Crippen LogP contribution in [0.5, 0.6) is 0 Å². The number of benzene rings is 3. The monoisotopic (exact) mass is 646 g/mol. The first-order chi connectivity index (χ1) is 21.2. The van der Waals surface area contributed by atoms with E-state index in [9.17, 15) is 17.6 Å². The molecule has 5 rings (SSSR count). The maximum Gasteiger partial charge on any atom is 0.243 e. The number of halogens is 3. The van der Waals surface area contributed by atoms with E-state index in [0.717, 1.165) is 12.8 Å². The fourth-order valence-electron chi connectivity index (χ4n) is 5.77. The zero-order valence-electron chi connectivity index (χ0n) is 24.3. The van der Waals surface area contributed by atoms with Gasteiger partial charge < -0.3 is 20.7 Å². The van der Waals surface area contributed by atoms with E-state index in [1.165, 1.54) is 28.6 Å². The van der Waals surface area contributed by atoms with Crippen molar-refractivity contribution in [1.29, 1.82) is 0 Å². The van der Waals surface area contributed by atoms with Gasteiger partial charge in [-0.15, -0.1) is 0 Å². The van der Waals surface area contributed by atoms with Crippen LogP contribution in [0.25, 0.3) is 0 Å². The standard InChI is InChI=1S/C32H37ClF2N4O4S/c33-27-12-9-22(19-29(27)35)20-31(37-23-13-17-43-18-14-23)32(40)38-30-8-4-7-28(34)26(30)11-10-24-21-36-15-16-39(24)44(41,42)25-5-2-1-3-6-25/h1-9,12,19,23-24,31,36-37H,10-11,13-18,20-21H2,(H,38,40)/t24-,31-/m0/s1. The van der Waals surface area contributed by atoms with Gasteiger partial charge in [0.1, 0.15) is 11.6 Å². The molecular formula is C32H37ClF2N4O4S. The molecule has 1 amide bonds. The lowest BCUT2D eigenvalue weighted by atomic mass is 10.00. The van der Waals surface area contributed by atoms with E-state index < -0.39 is 33.7 Å². The molecule has 2 fully saturated rings. The number of nitrogens with one attached hydrogen (secondary N) is 3.